The standard InChI is InChI=1S/C28H24F2N6O3/c1-4-18-20(29)9-8-14-10-15(31)11-19(21(14)18)24-23(30)25-22-26(34-28(33-25)37-2)36-12-16(35-38-3)6-5-7-17(36)13-39-27(22)32-24/h1,8-11,17H,5-7,12-13,31H2,2-3H3/b35-16-. The number of ether oxygens (including phenoxy) is 2. The number of pyridine rings is 1. The average molecular weight is 531 g/mol. The third-order valence-corrected chi connectivity index (χ3v) is 7.08. The van der Waals surface area contributed by atoms with Gasteiger partial charge in [-0.25, -0.2) is 13.8 Å². The SMILES string of the molecule is C#Cc1c(F)ccc2cc(N)cc(-c3nc4c5c(nc(OC)nc5c3F)N3C/C(=N\OC)CCCC3CO4)c12. The minimum atomic E-state index is -0.766. The summed E-state index contributed by atoms with van der Waals surface area (Å²) in [6, 6.07) is 5.85. The van der Waals surface area contributed by atoms with Gasteiger partial charge in [-0.3, -0.25) is 0 Å². The molecule has 0 saturated carbocycles. The molecule has 0 spiro atoms. The first-order valence-corrected chi connectivity index (χ1v) is 12.4. The van der Waals surface area contributed by atoms with E-state index in [-0.39, 0.29) is 46.9 Å². The number of nitrogen functional groups attached to an aromatic ring is 1. The topological polar surface area (TPSA) is 108 Å². The van der Waals surface area contributed by atoms with Gasteiger partial charge in [-0.2, -0.15) is 9.97 Å². The molecule has 11 heteroatoms. The number of benzene rings is 2. The Morgan fingerprint density at radius 1 is 1.18 bits per heavy atom. The monoisotopic (exact) mass is 530 g/mol. The Kier molecular flexibility index (Phi) is 6.02. The van der Waals surface area contributed by atoms with Crippen molar-refractivity contribution < 1.29 is 23.1 Å². The summed E-state index contributed by atoms with van der Waals surface area (Å²) < 4.78 is 42.8. The molecule has 1 saturated heterocycles. The molecule has 4 aromatic rings. The molecule has 2 N–H and O–H groups in total. The highest BCUT2D eigenvalue weighted by molar-refractivity contribution is 6.05. The molecule has 2 aliphatic rings. The van der Waals surface area contributed by atoms with Gasteiger partial charge in [0.25, 0.3) is 0 Å². The van der Waals surface area contributed by atoms with Gasteiger partial charge in [0.1, 0.15) is 41.9 Å². The smallest absolute Gasteiger partial charge is 0.318 e. The Bertz CT molecular complexity index is 1720. The summed E-state index contributed by atoms with van der Waals surface area (Å²) in [5.74, 6) is 1.57. The molecule has 4 heterocycles. The van der Waals surface area contributed by atoms with Crippen LogP contribution in [-0.4, -0.2) is 54.1 Å². The normalized spacial score (nSPS) is 17.8. The molecule has 2 aromatic carbocycles. The zero-order chi connectivity index (χ0) is 27.3. The zero-order valence-corrected chi connectivity index (χ0v) is 21.3. The molecule has 0 bridgehead atoms. The molecule has 9 nitrogen and oxygen atoms in total. The summed E-state index contributed by atoms with van der Waals surface area (Å²) in [6.45, 7) is 0.679. The van der Waals surface area contributed by atoms with Crippen molar-refractivity contribution in [3.63, 3.8) is 0 Å². The lowest BCUT2D eigenvalue weighted by molar-refractivity contribution is 0.212. The van der Waals surface area contributed by atoms with E-state index in [9.17, 15) is 4.39 Å². The fourth-order valence-corrected chi connectivity index (χ4v) is 5.38. The Morgan fingerprint density at radius 2 is 2.03 bits per heavy atom. The molecule has 2 aromatic heterocycles. The van der Waals surface area contributed by atoms with Crippen LogP contribution in [0.5, 0.6) is 11.9 Å². The molecule has 1 fully saturated rings. The van der Waals surface area contributed by atoms with Crippen LogP contribution in [0.2, 0.25) is 0 Å². The van der Waals surface area contributed by atoms with Crippen molar-refractivity contribution in [3.05, 3.63) is 41.5 Å². The van der Waals surface area contributed by atoms with Crippen LogP contribution in [-0.2, 0) is 4.84 Å². The number of methoxy groups -OCH3 is 1. The predicted octanol–water partition coefficient (Wildman–Crippen LogP) is 4.45. The van der Waals surface area contributed by atoms with E-state index >= 15 is 4.39 Å². The van der Waals surface area contributed by atoms with Gasteiger partial charge in [0.2, 0.25) is 5.88 Å². The first-order valence-electron chi connectivity index (χ1n) is 12.4. The molecular weight excluding hydrogens is 506 g/mol. The molecule has 39 heavy (non-hydrogen) atoms. The zero-order valence-electron chi connectivity index (χ0n) is 21.3. The maximum Gasteiger partial charge on any atom is 0.318 e. The number of terminal acetylenes is 1. The molecule has 0 aliphatic carbocycles. The molecule has 1 atom stereocenters. The minimum absolute atomic E-state index is 0.0186. The Hall–Kier alpha value is -4.72. The third kappa shape index (κ3) is 4.00. The van der Waals surface area contributed by atoms with Crippen LogP contribution < -0.4 is 20.1 Å². The van der Waals surface area contributed by atoms with E-state index in [2.05, 4.69) is 26.0 Å². The first-order chi connectivity index (χ1) is 18.9. The van der Waals surface area contributed by atoms with Gasteiger partial charge in [0.15, 0.2) is 5.82 Å². The second-order valence-electron chi connectivity index (χ2n) is 9.40. The molecule has 0 amide bonds. The predicted molar refractivity (Wildman–Crippen MR) is 144 cm³/mol. The molecule has 0 radical (unpaired) electrons. The summed E-state index contributed by atoms with van der Waals surface area (Å²) >= 11 is 0. The van der Waals surface area contributed by atoms with E-state index in [1.165, 1.54) is 26.4 Å². The number of hydrogen-bond acceptors (Lipinski definition) is 9. The van der Waals surface area contributed by atoms with E-state index < -0.39 is 11.6 Å². The van der Waals surface area contributed by atoms with E-state index in [0.29, 0.717) is 34.2 Å². The van der Waals surface area contributed by atoms with Crippen molar-refractivity contribution in [2.75, 3.05) is 38.0 Å². The van der Waals surface area contributed by atoms with Crippen molar-refractivity contribution in [3.8, 4) is 35.5 Å². The fourth-order valence-electron chi connectivity index (χ4n) is 5.38. The first kappa shape index (κ1) is 24.6. The van der Waals surface area contributed by atoms with Crippen LogP contribution in [0.25, 0.3) is 32.9 Å². The van der Waals surface area contributed by atoms with Crippen LogP contribution in [0.4, 0.5) is 20.3 Å². The minimum Gasteiger partial charge on any atom is -0.475 e. The quantitative estimate of drug-likeness (QED) is 0.235. The Labute approximate surface area is 222 Å². The van der Waals surface area contributed by atoms with Gasteiger partial charge in [-0.05, 0) is 42.8 Å². The molecular formula is C28H24F2N6O3. The van der Waals surface area contributed by atoms with Crippen molar-refractivity contribution >= 4 is 38.9 Å². The van der Waals surface area contributed by atoms with Crippen LogP contribution in [0.1, 0.15) is 24.8 Å². The lowest BCUT2D eigenvalue weighted by Gasteiger charge is -2.28. The molecule has 6 rings (SSSR count). The highest BCUT2D eigenvalue weighted by Gasteiger charge is 2.34. The second-order valence-corrected chi connectivity index (χ2v) is 9.40. The van der Waals surface area contributed by atoms with E-state index in [1.807, 2.05) is 4.90 Å². The number of aromatic nitrogens is 3. The lowest BCUT2D eigenvalue weighted by atomic mass is 9.95. The number of fused-ring (bicyclic) bond motifs is 3. The second kappa shape index (κ2) is 9.54. The Balaban J connectivity index is 1.66. The van der Waals surface area contributed by atoms with Crippen LogP contribution >= 0.6 is 0 Å². The number of halogens is 2. The third-order valence-electron chi connectivity index (χ3n) is 7.08. The van der Waals surface area contributed by atoms with Gasteiger partial charge < -0.3 is 24.9 Å². The maximum atomic E-state index is 16.5. The van der Waals surface area contributed by atoms with Crippen LogP contribution in [0, 0.1) is 24.0 Å². The summed E-state index contributed by atoms with van der Waals surface area (Å²) in [5, 5.41) is 5.33. The van der Waals surface area contributed by atoms with Crippen molar-refractivity contribution in [1.29, 1.82) is 0 Å². The van der Waals surface area contributed by atoms with Crippen LogP contribution in [0.3, 0.4) is 0 Å². The van der Waals surface area contributed by atoms with Gasteiger partial charge in [-0.15, -0.1) is 6.42 Å². The number of nitrogens with zero attached hydrogens (tertiary/aromatic N) is 5. The van der Waals surface area contributed by atoms with Gasteiger partial charge in [0.05, 0.1) is 31.0 Å². The number of anilines is 2. The van der Waals surface area contributed by atoms with Crippen molar-refractivity contribution in [2.24, 2.45) is 5.16 Å². The van der Waals surface area contributed by atoms with Gasteiger partial charge in [0, 0.05) is 16.6 Å². The molecule has 2 aliphatic heterocycles. The van der Waals surface area contributed by atoms with E-state index in [0.717, 1.165) is 25.0 Å². The summed E-state index contributed by atoms with van der Waals surface area (Å²) in [6.07, 6.45) is 8.06. The summed E-state index contributed by atoms with van der Waals surface area (Å²) in [4.78, 5) is 20.6. The van der Waals surface area contributed by atoms with Gasteiger partial charge in [-0.1, -0.05) is 17.1 Å². The summed E-state index contributed by atoms with van der Waals surface area (Å²) in [7, 11) is 2.91. The summed E-state index contributed by atoms with van der Waals surface area (Å²) in [5.41, 5.74) is 7.35. The highest BCUT2D eigenvalue weighted by Crippen LogP contribution is 2.43. The number of oxime groups is 1. The average Bonchev–Trinajstić information content (AvgIpc) is 3.21. The van der Waals surface area contributed by atoms with Crippen molar-refractivity contribution in [2.45, 2.75) is 25.3 Å². The molecule has 198 valence electrons. The fraction of sp³-hybridized carbons (Fsp3) is 0.286. The maximum absolute atomic E-state index is 16.5. The number of hydrogen-bond donors (Lipinski definition) is 1. The van der Waals surface area contributed by atoms with Gasteiger partial charge >= 0.3 is 6.01 Å². The Morgan fingerprint density at radius 3 is 2.79 bits per heavy atom. The largest absolute Gasteiger partial charge is 0.475 e. The number of nitrogens with two attached hydrogens (primary N) is 1. The van der Waals surface area contributed by atoms with E-state index in [1.54, 1.807) is 12.1 Å². The lowest BCUT2D eigenvalue weighted by Crippen LogP contribution is -2.40. The van der Waals surface area contributed by atoms with Crippen LogP contribution in [0.15, 0.2) is 29.4 Å². The van der Waals surface area contributed by atoms with E-state index in [4.69, 9.17) is 26.5 Å². The van der Waals surface area contributed by atoms with Crippen molar-refractivity contribution in [1.82, 2.24) is 15.0 Å². The molecule has 1 unspecified atom stereocenters. The highest BCUT2D eigenvalue weighted by atomic mass is 19.1. The number of rotatable bonds is 3.